The number of hydrogen-bond donors (Lipinski definition) is 1. The van der Waals surface area contributed by atoms with E-state index < -0.39 is 10.0 Å². The highest BCUT2D eigenvalue weighted by molar-refractivity contribution is 7.89. The highest BCUT2D eigenvalue weighted by Gasteiger charge is 2.19. The molecule has 0 atom stereocenters. The van der Waals surface area contributed by atoms with Gasteiger partial charge < -0.3 is 0 Å². The second kappa shape index (κ2) is 7.21. The number of nitrogens with zero attached hydrogens (tertiary/aromatic N) is 1. The van der Waals surface area contributed by atoms with Gasteiger partial charge in [-0.1, -0.05) is 53.5 Å². The topological polar surface area (TPSA) is 59.1 Å². The maximum absolute atomic E-state index is 12.4. The van der Waals surface area contributed by atoms with Crippen molar-refractivity contribution in [2.24, 2.45) is 0 Å². The van der Waals surface area contributed by atoms with E-state index in [1.54, 1.807) is 0 Å². The van der Waals surface area contributed by atoms with Gasteiger partial charge in [-0.05, 0) is 18.2 Å². The van der Waals surface area contributed by atoms with Gasteiger partial charge in [0, 0.05) is 16.0 Å². The van der Waals surface area contributed by atoms with Crippen LogP contribution in [0.4, 0.5) is 0 Å². The Labute approximate surface area is 154 Å². The van der Waals surface area contributed by atoms with E-state index in [2.05, 4.69) is 9.71 Å². The molecule has 0 fully saturated rings. The van der Waals surface area contributed by atoms with Gasteiger partial charge in [0.25, 0.3) is 0 Å². The van der Waals surface area contributed by atoms with Gasteiger partial charge >= 0.3 is 0 Å². The molecule has 1 aromatic heterocycles. The van der Waals surface area contributed by atoms with Gasteiger partial charge in [0.05, 0.1) is 17.3 Å². The van der Waals surface area contributed by atoms with E-state index in [-0.39, 0.29) is 16.5 Å². The largest absolute Gasteiger partial charge is 0.242 e. The Balaban J connectivity index is 1.76. The summed E-state index contributed by atoms with van der Waals surface area (Å²) in [6.07, 6.45) is 0. The lowest BCUT2D eigenvalue weighted by atomic mass is 10.2. The van der Waals surface area contributed by atoms with E-state index >= 15 is 0 Å². The van der Waals surface area contributed by atoms with E-state index in [1.165, 1.54) is 29.5 Å². The number of halogens is 2. The standard InChI is InChI=1S/C16H12Cl2N2O2S2/c17-12-6-7-13(18)15(8-12)24(21,22)19-9-16-20-14(10-23-16)11-4-2-1-3-5-11/h1-8,10,19H,9H2. The second-order valence-electron chi connectivity index (χ2n) is 4.89. The Bertz CT molecular complexity index is 957. The number of benzene rings is 2. The summed E-state index contributed by atoms with van der Waals surface area (Å²) in [6, 6.07) is 14.0. The molecule has 8 heteroatoms. The molecule has 4 nitrogen and oxygen atoms in total. The average Bonchev–Trinajstić information content (AvgIpc) is 3.05. The lowest BCUT2D eigenvalue weighted by molar-refractivity contribution is 0.581. The minimum atomic E-state index is -3.77. The molecule has 0 aliphatic rings. The van der Waals surface area contributed by atoms with Crippen LogP contribution in [-0.2, 0) is 16.6 Å². The molecule has 0 aliphatic carbocycles. The molecular weight excluding hydrogens is 387 g/mol. The summed E-state index contributed by atoms with van der Waals surface area (Å²) < 4.78 is 27.3. The van der Waals surface area contributed by atoms with Crippen molar-refractivity contribution >= 4 is 44.6 Å². The summed E-state index contributed by atoms with van der Waals surface area (Å²) in [4.78, 5) is 4.40. The van der Waals surface area contributed by atoms with Crippen LogP contribution in [-0.4, -0.2) is 13.4 Å². The zero-order valence-electron chi connectivity index (χ0n) is 12.2. The van der Waals surface area contributed by atoms with Crippen LogP contribution in [0, 0.1) is 0 Å². The smallest absolute Gasteiger partial charge is 0.240 e. The molecule has 0 radical (unpaired) electrons. The van der Waals surface area contributed by atoms with Gasteiger partial charge in [-0.25, -0.2) is 18.1 Å². The maximum atomic E-state index is 12.4. The quantitative estimate of drug-likeness (QED) is 0.683. The Kier molecular flexibility index (Phi) is 5.22. The minimum Gasteiger partial charge on any atom is -0.240 e. The highest BCUT2D eigenvalue weighted by atomic mass is 35.5. The van der Waals surface area contributed by atoms with Crippen molar-refractivity contribution in [2.75, 3.05) is 0 Å². The van der Waals surface area contributed by atoms with Crippen LogP contribution < -0.4 is 4.72 Å². The molecule has 0 saturated heterocycles. The van der Waals surface area contributed by atoms with Gasteiger partial charge in [-0.3, -0.25) is 0 Å². The van der Waals surface area contributed by atoms with Crippen molar-refractivity contribution in [3.8, 4) is 11.3 Å². The van der Waals surface area contributed by atoms with Crippen LogP contribution >= 0.6 is 34.5 Å². The Hall–Kier alpha value is -1.44. The first-order chi connectivity index (χ1) is 11.5. The first kappa shape index (κ1) is 17.4. The molecule has 2 aromatic carbocycles. The van der Waals surface area contributed by atoms with Crippen LogP contribution in [0.3, 0.4) is 0 Å². The van der Waals surface area contributed by atoms with Gasteiger partial charge in [0.15, 0.2) is 0 Å². The van der Waals surface area contributed by atoms with Gasteiger partial charge in [-0.15, -0.1) is 11.3 Å². The summed E-state index contributed by atoms with van der Waals surface area (Å²) in [7, 11) is -3.77. The first-order valence-corrected chi connectivity index (χ1v) is 10.0. The van der Waals surface area contributed by atoms with Crippen LogP contribution in [0.15, 0.2) is 58.8 Å². The van der Waals surface area contributed by atoms with E-state index in [0.29, 0.717) is 10.0 Å². The third-order valence-electron chi connectivity index (χ3n) is 3.22. The normalized spacial score (nSPS) is 11.6. The fourth-order valence-electron chi connectivity index (χ4n) is 2.05. The van der Waals surface area contributed by atoms with E-state index in [9.17, 15) is 8.42 Å². The van der Waals surface area contributed by atoms with Crippen LogP contribution in [0.25, 0.3) is 11.3 Å². The molecule has 0 amide bonds. The first-order valence-electron chi connectivity index (χ1n) is 6.90. The molecule has 0 saturated carbocycles. The number of nitrogens with one attached hydrogen (secondary N) is 1. The Morgan fingerprint density at radius 2 is 1.83 bits per heavy atom. The molecule has 1 N–H and O–H groups in total. The molecular formula is C16H12Cl2N2O2S2. The van der Waals surface area contributed by atoms with Gasteiger partial charge in [0.1, 0.15) is 9.90 Å². The number of sulfonamides is 1. The van der Waals surface area contributed by atoms with Crippen molar-refractivity contribution in [1.82, 2.24) is 9.71 Å². The van der Waals surface area contributed by atoms with Crippen molar-refractivity contribution in [2.45, 2.75) is 11.4 Å². The maximum Gasteiger partial charge on any atom is 0.242 e. The summed E-state index contributed by atoms with van der Waals surface area (Å²) >= 11 is 13.2. The SMILES string of the molecule is O=S(=O)(NCc1nc(-c2ccccc2)cs1)c1cc(Cl)ccc1Cl. The van der Waals surface area contributed by atoms with Gasteiger partial charge in [0.2, 0.25) is 10.0 Å². The summed E-state index contributed by atoms with van der Waals surface area (Å²) in [5.41, 5.74) is 1.80. The van der Waals surface area contributed by atoms with Crippen LogP contribution in [0.2, 0.25) is 10.0 Å². The van der Waals surface area contributed by atoms with Crippen molar-refractivity contribution < 1.29 is 8.42 Å². The Morgan fingerprint density at radius 1 is 1.08 bits per heavy atom. The summed E-state index contributed by atoms with van der Waals surface area (Å²) in [5.74, 6) is 0. The monoisotopic (exact) mass is 398 g/mol. The average molecular weight is 399 g/mol. The van der Waals surface area contributed by atoms with E-state index in [0.717, 1.165) is 11.3 Å². The third-order valence-corrected chi connectivity index (χ3v) is 6.18. The fraction of sp³-hybridized carbons (Fsp3) is 0.0625. The number of rotatable bonds is 5. The van der Waals surface area contributed by atoms with Gasteiger partial charge in [-0.2, -0.15) is 0 Å². The summed E-state index contributed by atoms with van der Waals surface area (Å²) in [5, 5.41) is 2.98. The van der Waals surface area contributed by atoms with Crippen molar-refractivity contribution in [3.63, 3.8) is 0 Å². The lowest BCUT2D eigenvalue weighted by Crippen LogP contribution is -2.23. The second-order valence-corrected chi connectivity index (χ2v) is 8.41. The molecule has 0 spiro atoms. The summed E-state index contributed by atoms with van der Waals surface area (Å²) in [6.45, 7) is 0.0860. The molecule has 0 bridgehead atoms. The molecule has 24 heavy (non-hydrogen) atoms. The minimum absolute atomic E-state index is 0.0449. The zero-order chi connectivity index (χ0) is 17.2. The third kappa shape index (κ3) is 3.96. The highest BCUT2D eigenvalue weighted by Crippen LogP contribution is 2.26. The molecule has 0 aliphatic heterocycles. The zero-order valence-corrected chi connectivity index (χ0v) is 15.4. The number of hydrogen-bond acceptors (Lipinski definition) is 4. The Morgan fingerprint density at radius 3 is 2.58 bits per heavy atom. The van der Waals surface area contributed by atoms with E-state index in [1.807, 2.05) is 35.7 Å². The number of aromatic nitrogens is 1. The van der Waals surface area contributed by atoms with E-state index in [4.69, 9.17) is 23.2 Å². The molecule has 1 heterocycles. The molecule has 0 unspecified atom stereocenters. The molecule has 124 valence electrons. The molecule has 3 aromatic rings. The molecule has 3 rings (SSSR count). The van der Waals surface area contributed by atoms with Crippen molar-refractivity contribution in [1.29, 1.82) is 0 Å². The van der Waals surface area contributed by atoms with Crippen molar-refractivity contribution in [3.05, 3.63) is 69.0 Å². The lowest BCUT2D eigenvalue weighted by Gasteiger charge is -2.07. The predicted molar refractivity (Wildman–Crippen MR) is 98.0 cm³/mol. The fourth-order valence-corrected chi connectivity index (χ4v) is 4.63. The van der Waals surface area contributed by atoms with Crippen LogP contribution in [0.1, 0.15) is 5.01 Å². The predicted octanol–water partition coefficient (Wildman–Crippen LogP) is 4.60. The van der Waals surface area contributed by atoms with Crippen LogP contribution in [0.5, 0.6) is 0 Å². The number of thiazole rings is 1.